The van der Waals surface area contributed by atoms with Crippen molar-refractivity contribution in [3.63, 3.8) is 0 Å². The van der Waals surface area contributed by atoms with E-state index in [1.165, 1.54) is 28.7 Å². The number of amides is 1. The molecule has 2 aliphatic rings. The molecule has 3 atom stereocenters. The van der Waals surface area contributed by atoms with Crippen LogP contribution in [0.25, 0.3) is 0 Å². The van der Waals surface area contributed by atoms with E-state index in [1.54, 1.807) is 7.11 Å². The van der Waals surface area contributed by atoms with Gasteiger partial charge in [0.15, 0.2) is 5.69 Å². The molecule has 1 aromatic rings. The van der Waals surface area contributed by atoms with Crippen molar-refractivity contribution in [3.8, 4) is 0 Å². The molecule has 3 rings (SSSR count). The van der Waals surface area contributed by atoms with Crippen LogP contribution in [0.4, 0.5) is 11.5 Å². The van der Waals surface area contributed by atoms with Crippen molar-refractivity contribution in [2.45, 2.75) is 52.0 Å². The number of nitrogen functional groups attached to an aromatic ring is 1. The van der Waals surface area contributed by atoms with E-state index in [0.717, 1.165) is 12.3 Å². The van der Waals surface area contributed by atoms with Crippen molar-refractivity contribution in [2.24, 2.45) is 17.8 Å². The predicted molar refractivity (Wildman–Crippen MR) is 104 cm³/mol. The van der Waals surface area contributed by atoms with Gasteiger partial charge < -0.3 is 15.4 Å². The van der Waals surface area contributed by atoms with Crippen LogP contribution in [0.15, 0.2) is 9.59 Å². The highest BCUT2D eigenvalue weighted by Crippen LogP contribution is 2.49. The van der Waals surface area contributed by atoms with Crippen molar-refractivity contribution in [3.05, 3.63) is 20.8 Å². The molecular weight excluding hydrogens is 348 g/mol. The van der Waals surface area contributed by atoms with Crippen LogP contribution in [0, 0.1) is 17.8 Å². The molecule has 8 nitrogen and oxygen atoms in total. The van der Waals surface area contributed by atoms with Gasteiger partial charge in [0.1, 0.15) is 5.82 Å². The van der Waals surface area contributed by atoms with Gasteiger partial charge in [-0.15, -0.1) is 0 Å². The van der Waals surface area contributed by atoms with Gasteiger partial charge in [-0.05, 0) is 43.4 Å². The molecule has 3 N–H and O–H groups in total. The van der Waals surface area contributed by atoms with Crippen molar-refractivity contribution < 1.29 is 9.53 Å². The zero-order valence-electron chi connectivity index (χ0n) is 16.2. The number of aromatic amines is 1. The summed E-state index contributed by atoms with van der Waals surface area (Å²) in [6.07, 6.45) is 5.89. The molecule has 8 heteroatoms. The molecule has 0 aliphatic heterocycles. The molecule has 0 unspecified atom stereocenters. The lowest BCUT2D eigenvalue weighted by Crippen LogP contribution is -2.43. The smallest absolute Gasteiger partial charge is 0.330 e. The van der Waals surface area contributed by atoms with Crippen molar-refractivity contribution >= 4 is 17.4 Å². The number of anilines is 2. The largest absolute Gasteiger partial charge is 0.383 e. The third kappa shape index (κ3) is 3.95. The monoisotopic (exact) mass is 378 g/mol. The van der Waals surface area contributed by atoms with Crippen LogP contribution in [-0.4, -0.2) is 35.7 Å². The minimum Gasteiger partial charge on any atom is -0.383 e. The van der Waals surface area contributed by atoms with Crippen molar-refractivity contribution in [2.75, 3.05) is 30.9 Å². The first-order chi connectivity index (χ1) is 13.0. The molecule has 1 heterocycles. The Morgan fingerprint density at radius 3 is 2.70 bits per heavy atom. The molecule has 150 valence electrons. The normalized spacial score (nSPS) is 23.7. The number of nitrogens with zero attached hydrogens (tertiary/aromatic N) is 2. The van der Waals surface area contributed by atoms with Gasteiger partial charge in [0, 0.05) is 26.6 Å². The van der Waals surface area contributed by atoms with Gasteiger partial charge in [-0.3, -0.25) is 19.1 Å². The maximum atomic E-state index is 13.1. The van der Waals surface area contributed by atoms with Crippen LogP contribution in [0.3, 0.4) is 0 Å². The second-order valence-electron chi connectivity index (χ2n) is 7.82. The number of ether oxygens (including phenoxy) is 1. The average molecular weight is 378 g/mol. The van der Waals surface area contributed by atoms with Gasteiger partial charge in [0.05, 0.1) is 6.61 Å². The second-order valence-corrected chi connectivity index (χ2v) is 7.82. The highest BCUT2D eigenvalue weighted by molar-refractivity contribution is 5.95. The first-order valence-electron chi connectivity index (χ1n) is 9.88. The molecule has 1 aromatic heterocycles. The number of methoxy groups -OCH3 is 1. The molecule has 0 saturated heterocycles. The van der Waals surface area contributed by atoms with Gasteiger partial charge >= 0.3 is 5.69 Å². The number of hydrogen-bond donors (Lipinski definition) is 2. The highest BCUT2D eigenvalue weighted by Gasteiger charge is 2.41. The molecule has 2 aliphatic carbocycles. The zero-order chi connectivity index (χ0) is 19.6. The Morgan fingerprint density at radius 1 is 1.33 bits per heavy atom. The fourth-order valence-corrected chi connectivity index (χ4v) is 4.79. The third-order valence-electron chi connectivity index (χ3n) is 6.07. The van der Waals surface area contributed by atoms with Gasteiger partial charge in [0.25, 0.3) is 5.56 Å². The van der Waals surface area contributed by atoms with Crippen LogP contribution in [0.2, 0.25) is 0 Å². The molecule has 27 heavy (non-hydrogen) atoms. The lowest BCUT2D eigenvalue weighted by molar-refractivity contribution is -0.120. The number of H-pyrrole nitrogens is 1. The van der Waals surface area contributed by atoms with Gasteiger partial charge in [-0.2, -0.15) is 0 Å². The Labute approximate surface area is 158 Å². The average Bonchev–Trinajstić information content (AvgIpc) is 3.24. The Bertz CT molecular complexity index is 800. The Kier molecular flexibility index (Phi) is 6.04. The topological polar surface area (TPSA) is 110 Å². The first kappa shape index (κ1) is 19.7. The summed E-state index contributed by atoms with van der Waals surface area (Å²) >= 11 is 0. The lowest BCUT2D eigenvalue weighted by Gasteiger charge is -2.27. The molecular formula is C19H30N4O4. The Hall–Kier alpha value is -2.09. The first-order valence-corrected chi connectivity index (χ1v) is 9.88. The summed E-state index contributed by atoms with van der Waals surface area (Å²) in [5.41, 5.74) is 5.05. The Morgan fingerprint density at radius 2 is 2.11 bits per heavy atom. The fraction of sp³-hybridized carbons (Fsp3) is 0.737. The maximum absolute atomic E-state index is 13.1. The summed E-state index contributed by atoms with van der Waals surface area (Å²) in [5, 5.41) is 0. The summed E-state index contributed by atoms with van der Waals surface area (Å²) in [7, 11) is 1.55. The molecule has 2 saturated carbocycles. The number of aromatic nitrogens is 2. The van der Waals surface area contributed by atoms with Gasteiger partial charge in [-0.25, -0.2) is 4.79 Å². The molecule has 0 aromatic carbocycles. The summed E-state index contributed by atoms with van der Waals surface area (Å²) in [6, 6.07) is 0. The van der Waals surface area contributed by atoms with E-state index in [1.807, 2.05) is 6.92 Å². The predicted octanol–water partition coefficient (Wildman–Crippen LogP) is 1.33. The second kappa shape index (κ2) is 8.29. The number of fused-ring (bicyclic) bond motifs is 2. The molecule has 2 bridgehead atoms. The number of carbonyl (C=O) groups is 1. The summed E-state index contributed by atoms with van der Waals surface area (Å²) < 4.78 is 6.45. The van der Waals surface area contributed by atoms with Crippen molar-refractivity contribution in [1.82, 2.24) is 9.55 Å². The summed E-state index contributed by atoms with van der Waals surface area (Å²) in [5.74, 6) is 1.67. The minimum absolute atomic E-state index is 0.0444. The number of rotatable bonds is 8. The van der Waals surface area contributed by atoms with Crippen molar-refractivity contribution in [1.29, 1.82) is 0 Å². The van der Waals surface area contributed by atoms with Crippen LogP contribution in [0.1, 0.15) is 45.4 Å². The Balaban J connectivity index is 1.90. The number of hydrogen-bond acceptors (Lipinski definition) is 5. The van der Waals surface area contributed by atoms with Crippen LogP contribution in [0.5, 0.6) is 0 Å². The lowest BCUT2D eigenvalue weighted by atomic mass is 9.86. The van der Waals surface area contributed by atoms with Crippen LogP contribution >= 0.6 is 0 Å². The van der Waals surface area contributed by atoms with Gasteiger partial charge in [-0.1, -0.05) is 13.3 Å². The molecule has 1 amide bonds. The van der Waals surface area contributed by atoms with E-state index >= 15 is 0 Å². The zero-order valence-corrected chi connectivity index (χ0v) is 16.2. The van der Waals surface area contributed by atoms with E-state index in [9.17, 15) is 14.4 Å². The molecule has 2 fully saturated rings. The SMILES string of the molecule is CCCn1c(N)c(N(CCOC)C(=O)C[C@H]2C[C@@H]3CC[C@@H]2C3)c(=O)[nH]c1=O. The van der Waals surface area contributed by atoms with Crippen LogP contribution in [-0.2, 0) is 16.1 Å². The van der Waals surface area contributed by atoms with E-state index in [0.29, 0.717) is 31.2 Å². The number of carbonyl (C=O) groups excluding carboxylic acids is 1. The van der Waals surface area contributed by atoms with E-state index in [-0.39, 0.29) is 30.6 Å². The fourth-order valence-electron chi connectivity index (χ4n) is 4.79. The number of nitrogens with two attached hydrogens (primary N) is 1. The highest BCUT2D eigenvalue weighted by atomic mass is 16.5. The summed E-state index contributed by atoms with van der Waals surface area (Å²) in [4.78, 5) is 41.4. The van der Waals surface area contributed by atoms with E-state index in [4.69, 9.17) is 10.5 Å². The molecule has 0 spiro atoms. The van der Waals surface area contributed by atoms with Gasteiger partial charge in [0.2, 0.25) is 5.91 Å². The van der Waals surface area contributed by atoms with E-state index in [2.05, 4.69) is 4.98 Å². The molecule has 0 radical (unpaired) electrons. The van der Waals surface area contributed by atoms with E-state index < -0.39 is 11.2 Å². The quantitative estimate of drug-likeness (QED) is 0.709. The number of nitrogens with one attached hydrogen (secondary N) is 1. The standard InChI is InChI=1S/C19H30N4O4/c1-3-6-23-17(20)16(18(25)21-19(23)26)22(7-8-27-2)15(24)11-14-10-12-4-5-13(14)9-12/h12-14H,3-11,20H2,1-2H3,(H,21,25,26)/t12-,13-,14-/m1/s1. The third-order valence-corrected chi connectivity index (χ3v) is 6.07. The minimum atomic E-state index is -0.623. The summed E-state index contributed by atoms with van der Waals surface area (Å²) in [6.45, 7) is 2.81. The van der Waals surface area contributed by atoms with Crippen LogP contribution < -0.4 is 21.9 Å². The maximum Gasteiger partial charge on any atom is 0.330 e.